The summed E-state index contributed by atoms with van der Waals surface area (Å²) in [5.41, 5.74) is 2.04. The second-order valence-corrected chi connectivity index (χ2v) is 8.61. The fraction of sp³-hybridized carbons (Fsp3) is 0.619. The third kappa shape index (κ3) is 5.61. The number of nitrogens with one attached hydrogen (secondary N) is 1. The molecular weight excluding hydrogens is 468 g/mol. The maximum Gasteiger partial charge on any atom is 0.308 e. The topological polar surface area (TPSA) is 108 Å². The minimum Gasteiger partial charge on any atom is -0.488 e. The lowest BCUT2D eigenvalue weighted by Gasteiger charge is -2.28. The minimum atomic E-state index is -0.190. The molecule has 9 nitrogen and oxygen atoms in total. The van der Waals surface area contributed by atoms with Gasteiger partial charge in [0.2, 0.25) is 0 Å². The molecule has 10 heteroatoms. The first-order chi connectivity index (χ1) is 15.1. The van der Waals surface area contributed by atoms with E-state index in [9.17, 15) is 4.79 Å². The molecule has 31 heavy (non-hydrogen) atoms. The van der Waals surface area contributed by atoms with Gasteiger partial charge in [0.05, 0.1) is 37.1 Å². The Bertz CT molecular complexity index is 886. The fourth-order valence-electron chi connectivity index (χ4n) is 4.03. The summed E-state index contributed by atoms with van der Waals surface area (Å²) in [6.07, 6.45) is 6.16. The maximum atomic E-state index is 11.9. The Labute approximate surface area is 189 Å². The molecule has 168 valence electrons. The second-order valence-electron chi connectivity index (χ2n) is 7.86. The van der Waals surface area contributed by atoms with Gasteiger partial charge in [0.25, 0.3) is 0 Å². The molecule has 1 aliphatic heterocycles. The number of carbonyl (C=O) groups is 1. The highest BCUT2D eigenvalue weighted by Gasteiger charge is 2.29. The SMILES string of the molecule is COC(=O)[C@H]1CCC[C@H](Oc2ccc(-c3nn[nH]c3COC3CCCCO3)nc2Br)C1. The molecule has 3 heterocycles. The molecule has 2 aliphatic rings. The number of rotatable bonds is 7. The van der Waals surface area contributed by atoms with Crippen LogP contribution < -0.4 is 4.74 Å². The monoisotopic (exact) mass is 494 g/mol. The standard InChI is InChI=1S/C21H27BrN4O5/c1-28-21(27)13-5-4-6-14(11-13)31-17-9-8-15(23-20(17)22)19-16(24-26-25-19)12-30-18-7-2-3-10-29-18/h8-9,13-14,18H,2-7,10-12H2,1H3,(H,24,25,26)/t13-,14-,18?/m0/s1. The Hall–Kier alpha value is -2.04. The van der Waals surface area contributed by atoms with Gasteiger partial charge in [-0.1, -0.05) is 5.21 Å². The van der Waals surface area contributed by atoms with Crippen molar-refractivity contribution in [3.63, 3.8) is 0 Å². The Balaban J connectivity index is 1.40. The van der Waals surface area contributed by atoms with Crippen molar-refractivity contribution in [3.8, 4) is 17.1 Å². The molecular formula is C21H27BrN4O5. The van der Waals surface area contributed by atoms with Crippen LogP contribution in [0.1, 0.15) is 50.6 Å². The van der Waals surface area contributed by atoms with Crippen molar-refractivity contribution in [2.45, 2.75) is 63.9 Å². The number of ether oxygens (including phenoxy) is 4. The molecule has 2 fully saturated rings. The number of nitrogens with zero attached hydrogens (tertiary/aromatic N) is 3. The van der Waals surface area contributed by atoms with E-state index in [0.717, 1.165) is 50.8 Å². The van der Waals surface area contributed by atoms with Crippen molar-refractivity contribution in [2.24, 2.45) is 5.92 Å². The van der Waals surface area contributed by atoms with E-state index in [2.05, 4.69) is 36.3 Å². The molecule has 0 aromatic carbocycles. The van der Waals surface area contributed by atoms with Gasteiger partial charge in [0.15, 0.2) is 12.0 Å². The van der Waals surface area contributed by atoms with Crippen LogP contribution >= 0.6 is 15.9 Å². The molecule has 0 radical (unpaired) electrons. The summed E-state index contributed by atoms with van der Waals surface area (Å²) in [5.74, 6) is 0.358. The summed E-state index contributed by atoms with van der Waals surface area (Å²) >= 11 is 3.51. The van der Waals surface area contributed by atoms with Crippen molar-refractivity contribution in [3.05, 3.63) is 22.4 Å². The number of pyridine rings is 1. The number of halogens is 1. The predicted molar refractivity (Wildman–Crippen MR) is 114 cm³/mol. The number of hydrogen-bond acceptors (Lipinski definition) is 8. The van der Waals surface area contributed by atoms with Crippen LogP contribution in [-0.2, 0) is 25.6 Å². The summed E-state index contributed by atoms with van der Waals surface area (Å²) in [6, 6.07) is 3.71. The van der Waals surface area contributed by atoms with E-state index < -0.39 is 0 Å². The molecule has 4 rings (SSSR count). The normalized spacial score (nSPS) is 24.0. The van der Waals surface area contributed by atoms with Crippen molar-refractivity contribution in [1.29, 1.82) is 0 Å². The van der Waals surface area contributed by atoms with Gasteiger partial charge in [0, 0.05) is 6.61 Å². The lowest BCUT2D eigenvalue weighted by Crippen LogP contribution is -2.30. The molecule has 0 spiro atoms. The largest absolute Gasteiger partial charge is 0.488 e. The minimum absolute atomic E-state index is 0.0479. The van der Waals surface area contributed by atoms with Crippen LogP contribution in [0.2, 0.25) is 0 Å². The van der Waals surface area contributed by atoms with Gasteiger partial charge in [-0.05, 0) is 73.0 Å². The lowest BCUT2D eigenvalue weighted by molar-refractivity contribution is -0.169. The molecule has 3 atom stereocenters. The molecule has 2 aromatic heterocycles. The van der Waals surface area contributed by atoms with Gasteiger partial charge in [-0.2, -0.15) is 0 Å². The van der Waals surface area contributed by atoms with Crippen molar-refractivity contribution >= 4 is 21.9 Å². The van der Waals surface area contributed by atoms with Gasteiger partial charge < -0.3 is 18.9 Å². The predicted octanol–water partition coefficient (Wildman–Crippen LogP) is 3.78. The first kappa shape index (κ1) is 22.2. The van der Waals surface area contributed by atoms with E-state index in [-0.39, 0.29) is 24.3 Å². The first-order valence-corrected chi connectivity index (χ1v) is 11.5. The molecule has 0 amide bonds. The maximum absolute atomic E-state index is 11.9. The zero-order chi connectivity index (χ0) is 21.6. The highest BCUT2D eigenvalue weighted by Crippen LogP contribution is 2.33. The van der Waals surface area contributed by atoms with Crippen LogP contribution in [0.4, 0.5) is 0 Å². The van der Waals surface area contributed by atoms with E-state index in [4.69, 9.17) is 18.9 Å². The molecule has 0 bridgehead atoms. The lowest BCUT2D eigenvalue weighted by atomic mass is 9.87. The third-order valence-electron chi connectivity index (χ3n) is 5.68. The summed E-state index contributed by atoms with van der Waals surface area (Å²) in [5, 5.41) is 11.0. The van der Waals surface area contributed by atoms with Crippen LogP contribution in [0.5, 0.6) is 5.75 Å². The zero-order valence-corrected chi connectivity index (χ0v) is 19.1. The Morgan fingerprint density at radius 3 is 2.94 bits per heavy atom. The molecule has 1 N–H and O–H groups in total. The zero-order valence-electron chi connectivity index (χ0n) is 17.5. The Kier molecular flexibility index (Phi) is 7.52. The van der Waals surface area contributed by atoms with Gasteiger partial charge in [-0.3, -0.25) is 9.89 Å². The van der Waals surface area contributed by atoms with Crippen molar-refractivity contribution < 1.29 is 23.7 Å². The number of carbonyl (C=O) groups excluding carboxylic acids is 1. The number of methoxy groups -OCH3 is 1. The number of aromatic amines is 1. The van der Waals surface area contributed by atoms with E-state index in [0.29, 0.717) is 34.8 Å². The first-order valence-electron chi connectivity index (χ1n) is 10.7. The van der Waals surface area contributed by atoms with E-state index in [1.54, 1.807) is 0 Å². The Morgan fingerprint density at radius 2 is 2.16 bits per heavy atom. The van der Waals surface area contributed by atoms with Gasteiger partial charge in [0.1, 0.15) is 10.3 Å². The van der Waals surface area contributed by atoms with Crippen molar-refractivity contribution in [1.82, 2.24) is 20.4 Å². The van der Waals surface area contributed by atoms with E-state index in [1.807, 2.05) is 12.1 Å². The van der Waals surface area contributed by atoms with E-state index >= 15 is 0 Å². The third-order valence-corrected chi connectivity index (χ3v) is 6.25. The average molecular weight is 495 g/mol. The number of esters is 1. The number of H-pyrrole nitrogens is 1. The van der Waals surface area contributed by atoms with Crippen LogP contribution in [0.3, 0.4) is 0 Å². The smallest absolute Gasteiger partial charge is 0.308 e. The van der Waals surface area contributed by atoms with Gasteiger partial charge in [-0.15, -0.1) is 5.10 Å². The molecule has 1 saturated carbocycles. The highest BCUT2D eigenvalue weighted by molar-refractivity contribution is 9.10. The average Bonchev–Trinajstić information content (AvgIpc) is 3.28. The summed E-state index contributed by atoms with van der Waals surface area (Å²) in [4.78, 5) is 16.5. The molecule has 1 unspecified atom stereocenters. The van der Waals surface area contributed by atoms with Crippen LogP contribution in [0.25, 0.3) is 11.4 Å². The fourth-order valence-corrected chi connectivity index (χ4v) is 4.44. The summed E-state index contributed by atoms with van der Waals surface area (Å²) in [6.45, 7) is 1.05. The Morgan fingerprint density at radius 1 is 1.26 bits per heavy atom. The van der Waals surface area contributed by atoms with Crippen LogP contribution in [0.15, 0.2) is 16.7 Å². The summed E-state index contributed by atoms with van der Waals surface area (Å²) in [7, 11) is 1.43. The summed E-state index contributed by atoms with van der Waals surface area (Å²) < 4.78 is 23.1. The van der Waals surface area contributed by atoms with Crippen LogP contribution in [0, 0.1) is 5.92 Å². The van der Waals surface area contributed by atoms with E-state index in [1.165, 1.54) is 7.11 Å². The molecule has 1 aliphatic carbocycles. The van der Waals surface area contributed by atoms with Crippen molar-refractivity contribution in [2.75, 3.05) is 13.7 Å². The van der Waals surface area contributed by atoms with Crippen LogP contribution in [-0.4, -0.2) is 52.5 Å². The molecule has 2 aromatic rings. The van der Waals surface area contributed by atoms with Gasteiger partial charge >= 0.3 is 5.97 Å². The van der Waals surface area contributed by atoms with Gasteiger partial charge in [-0.25, -0.2) is 4.98 Å². The molecule has 1 saturated heterocycles. The quantitative estimate of drug-likeness (QED) is 0.457. The highest BCUT2D eigenvalue weighted by atomic mass is 79.9. The number of aromatic nitrogens is 4. The second kappa shape index (κ2) is 10.5. The number of hydrogen-bond donors (Lipinski definition) is 1.